The molecule has 9 nitrogen and oxygen atoms in total. The number of anilines is 1. The maximum absolute atomic E-state index is 13.4. The van der Waals surface area contributed by atoms with Crippen LogP contribution in [0, 0.1) is 5.92 Å². The lowest BCUT2D eigenvalue weighted by molar-refractivity contribution is 0.298. The van der Waals surface area contributed by atoms with Crippen LogP contribution in [0.5, 0.6) is 5.75 Å². The van der Waals surface area contributed by atoms with Gasteiger partial charge < -0.3 is 19.9 Å². The van der Waals surface area contributed by atoms with Crippen molar-refractivity contribution in [1.82, 2.24) is 29.1 Å². The Kier molecular flexibility index (Phi) is 6.73. The Morgan fingerprint density at radius 1 is 1.07 bits per heavy atom. The quantitative estimate of drug-likeness (QED) is 0.482. The number of nitrogens with zero attached hydrogens (tertiary/aromatic N) is 6. The Morgan fingerprint density at radius 2 is 2.00 bits per heavy atom. The number of benzene rings is 1. The van der Waals surface area contributed by atoms with Crippen molar-refractivity contribution in [3.8, 4) is 11.4 Å². The topological polar surface area (TPSA) is 80.5 Å². The second-order valence-electron chi connectivity index (χ2n) is 10.9. The Hall–Kier alpha value is -4.11. The number of ether oxygens (including phenoxy) is 1. The number of hydrogen-bond donors (Lipinski definition) is 1. The van der Waals surface area contributed by atoms with Gasteiger partial charge in [-0.25, -0.2) is 14.3 Å². The van der Waals surface area contributed by atoms with Gasteiger partial charge in [0.1, 0.15) is 11.1 Å². The average molecular weight is 538 g/mol. The third-order valence-corrected chi connectivity index (χ3v) is 8.20. The molecule has 2 aromatic heterocycles. The third-order valence-electron chi connectivity index (χ3n) is 8.20. The fourth-order valence-corrected chi connectivity index (χ4v) is 6.09. The van der Waals surface area contributed by atoms with E-state index in [9.17, 15) is 4.79 Å². The van der Waals surface area contributed by atoms with Gasteiger partial charge in [0.25, 0.3) is 5.56 Å². The van der Waals surface area contributed by atoms with Crippen LogP contribution in [0.4, 0.5) is 5.95 Å². The molecule has 206 valence electrons. The lowest BCUT2D eigenvalue weighted by Gasteiger charge is -2.27. The minimum atomic E-state index is -0.107. The smallest absolute Gasteiger partial charge is 0.278 e. The standard InChI is InChI=1S/C31H35N7O2/c39-30-27-22-32-31(33-24-10-11-28-23(20-24)12-16-36(28)18-17-35-13-4-5-14-35)34-29(27)38-25-8-7-9-26(21-25)40-19-6-2-1-3-15-37(30)38/h1,3,7-12,16,21-23H,2,4-6,13-15,17-20H2,(H,32,33,34)/b3-1-. The van der Waals surface area contributed by atoms with E-state index >= 15 is 0 Å². The van der Waals surface area contributed by atoms with E-state index in [1.165, 1.54) is 31.6 Å². The van der Waals surface area contributed by atoms with Gasteiger partial charge in [0.05, 0.1) is 18.8 Å². The van der Waals surface area contributed by atoms with Gasteiger partial charge in [0.15, 0.2) is 5.65 Å². The van der Waals surface area contributed by atoms with Crippen LogP contribution in [-0.4, -0.2) is 61.9 Å². The molecule has 0 spiro atoms. The summed E-state index contributed by atoms with van der Waals surface area (Å²) in [6.07, 6.45) is 20.0. The van der Waals surface area contributed by atoms with Crippen LogP contribution in [0.15, 0.2) is 83.2 Å². The van der Waals surface area contributed by atoms with E-state index in [-0.39, 0.29) is 5.56 Å². The van der Waals surface area contributed by atoms with Gasteiger partial charge in [0.2, 0.25) is 5.95 Å². The normalized spacial score (nSPS) is 21.6. The number of hydrogen-bond acceptors (Lipinski definition) is 7. The highest BCUT2D eigenvalue weighted by Crippen LogP contribution is 2.34. The molecular formula is C31H35N7O2. The molecule has 1 aliphatic carbocycles. The zero-order valence-corrected chi connectivity index (χ0v) is 22.7. The summed E-state index contributed by atoms with van der Waals surface area (Å²) in [4.78, 5) is 27.8. The minimum absolute atomic E-state index is 0.107. The number of fused-ring (bicyclic) bond motifs is 7. The van der Waals surface area contributed by atoms with Gasteiger partial charge in [-0.1, -0.05) is 24.3 Å². The summed E-state index contributed by atoms with van der Waals surface area (Å²) in [5.74, 6) is 1.62. The molecule has 7 rings (SSSR count). The van der Waals surface area contributed by atoms with Crippen LogP contribution in [-0.2, 0) is 6.54 Å². The van der Waals surface area contributed by atoms with Gasteiger partial charge in [-0.05, 0) is 69.5 Å². The molecule has 3 aliphatic heterocycles. The first-order chi connectivity index (χ1) is 19.7. The molecule has 0 radical (unpaired) electrons. The SMILES string of the molecule is O=c1c2cnc(NC3=CC=C4C(C=CN4CCN4CCCC4)C3)nc2n2n1C/C=C\CCCOc1cccc-2c1. The van der Waals surface area contributed by atoms with Gasteiger partial charge in [0, 0.05) is 48.9 Å². The Bertz CT molecular complexity index is 1590. The number of aromatic nitrogens is 4. The summed E-state index contributed by atoms with van der Waals surface area (Å²) in [6, 6.07) is 7.84. The molecule has 40 heavy (non-hydrogen) atoms. The van der Waals surface area contributed by atoms with E-state index < -0.39 is 0 Å². The summed E-state index contributed by atoms with van der Waals surface area (Å²) >= 11 is 0. The molecule has 3 aromatic rings. The van der Waals surface area contributed by atoms with E-state index in [2.05, 4.69) is 50.6 Å². The summed E-state index contributed by atoms with van der Waals surface area (Å²) < 4.78 is 9.56. The van der Waals surface area contributed by atoms with Gasteiger partial charge in [-0.15, -0.1) is 0 Å². The first kappa shape index (κ1) is 24.9. The van der Waals surface area contributed by atoms with Crippen molar-refractivity contribution in [3.63, 3.8) is 0 Å². The fraction of sp³-hybridized carbons (Fsp3) is 0.387. The van der Waals surface area contributed by atoms with Crippen molar-refractivity contribution in [2.75, 3.05) is 38.1 Å². The van der Waals surface area contributed by atoms with E-state index in [1.54, 1.807) is 10.9 Å². The number of rotatable bonds is 5. The first-order valence-electron chi connectivity index (χ1n) is 14.4. The number of allylic oxidation sites excluding steroid dienone is 6. The van der Waals surface area contributed by atoms with Crippen LogP contribution in [0.3, 0.4) is 0 Å². The zero-order valence-electron chi connectivity index (χ0n) is 22.7. The van der Waals surface area contributed by atoms with E-state index in [0.29, 0.717) is 36.1 Å². The van der Waals surface area contributed by atoms with Crippen molar-refractivity contribution in [1.29, 1.82) is 0 Å². The molecule has 1 aromatic carbocycles. The molecule has 0 amide bonds. The highest BCUT2D eigenvalue weighted by atomic mass is 16.5. The molecule has 1 fully saturated rings. The van der Waals surface area contributed by atoms with Gasteiger partial charge in [-0.2, -0.15) is 4.98 Å². The summed E-state index contributed by atoms with van der Waals surface area (Å²) in [5.41, 5.74) is 3.72. The second kappa shape index (κ2) is 10.8. The van der Waals surface area contributed by atoms with Gasteiger partial charge in [-0.3, -0.25) is 4.79 Å². The molecule has 4 aliphatic rings. The minimum Gasteiger partial charge on any atom is -0.494 e. The Labute approximate surface area is 233 Å². The van der Waals surface area contributed by atoms with Crippen LogP contribution in [0.2, 0.25) is 0 Å². The van der Waals surface area contributed by atoms with Crippen LogP contribution >= 0.6 is 0 Å². The van der Waals surface area contributed by atoms with E-state index in [0.717, 1.165) is 49.5 Å². The predicted octanol–water partition coefficient (Wildman–Crippen LogP) is 4.44. The van der Waals surface area contributed by atoms with Crippen LogP contribution in [0.25, 0.3) is 16.7 Å². The summed E-state index contributed by atoms with van der Waals surface area (Å²) in [5, 5.41) is 3.93. The van der Waals surface area contributed by atoms with Crippen LogP contribution < -0.4 is 15.6 Å². The summed E-state index contributed by atoms with van der Waals surface area (Å²) in [7, 11) is 0. The molecule has 5 heterocycles. The number of nitrogens with one attached hydrogen (secondary N) is 1. The average Bonchev–Trinajstić information content (AvgIpc) is 3.69. The molecule has 0 saturated carbocycles. The molecule has 1 unspecified atom stereocenters. The monoisotopic (exact) mass is 537 g/mol. The Balaban J connectivity index is 1.17. The molecular weight excluding hydrogens is 502 g/mol. The summed E-state index contributed by atoms with van der Waals surface area (Å²) in [6.45, 7) is 5.72. The molecule has 1 saturated heterocycles. The van der Waals surface area contributed by atoms with Crippen molar-refractivity contribution < 1.29 is 4.74 Å². The van der Waals surface area contributed by atoms with Crippen molar-refractivity contribution in [3.05, 3.63) is 88.8 Å². The Morgan fingerprint density at radius 3 is 2.92 bits per heavy atom. The van der Waals surface area contributed by atoms with Crippen molar-refractivity contribution >= 4 is 17.0 Å². The predicted molar refractivity (Wildman–Crippen MR) is 156 cm³/mol. The van der Waals surface area contributed by atoms with Gasteiger partial charge >= 0.3 is 0 Å². The van der Waals surface area contributed by atoms with E-state index in [1.807, 2.05) is 35.0 Å². The maximum Gasteiger partial charge on any atom is 0.278 e. The number of likely N-dealkylation sites (tertiary alicyclic amines) is 1. The molecule has 1 N–H and O–H groups in total. The highest BCUT2D eigenvalue weighted by Gasteiger charge is 2.27. The fourth-order valence-electron chi connectivity index (χ4n) is 6.09. The van der Waals surface area contributed by atoms with Crippen molar-refractivity contribution in [2.45, 2.75) is 38.6 Å². The second-order valence-corrected chi connectivity index (χ2v) is 10.9. The lowest BCUT2D eigenvalue weighted by Crippen LogP contribution is -2.30. The van der Waals surface area contributed by atoms with E-state index in [4.69, 9.17) is 9.72 Å². The van der Waals surface area contributed by atoms with Crippen molar-refractivity contribution in [2.24, 2.45) is 5.92 Å². The lowest BCUT2D eigenvalue weighted by atomic mass is 9.96. The molecule has 9 heteroatoms. The zero-order chi connectivity index (χ0) is 26.9. The highest BCUT2D eigenvalue weighted by molar-refractivity contribution is 5.77. The molecule has 1 atom stereocenters. The first-order valence-corrected chi connectivity index (χ1v) is 14.4. The maximum atomic E-state index is 13.4. The molecule has 2 bridgehead atoms. The largest absolute Gasteiger partial charge is 0.494 e. The van der Waals surface area contributed by atoms with Crippen LogP contribution in [0.1, 0.15) is 32.1 Å². The third kappa shape index (κ3) is 4.86.